The smallest absolute Gasteiger partial charge is 0.146 e. The quantitative estimate of drug-likeness (QED) is 0.706. The molecule has 2 aliphatic rings. The highest BCUT2D eigenvalue weighted by Crippen LogP contribution is 2.30. The number of aromatic nitrogens is 2. The molecule has 3 aromatic rings. The molecule has 27 heavy (non-hydrogen) atoms. The molecule has 0 unspecified atom stereocenters. The Balaban J connectivity index is 1.40. The summed E-state index contributed by atoms with van der Waals surface area (Å²) in [4.78, 5) is 14.0. The SMILES string of the molecule is N#Cc1cc2c(nc1N1CCN(c3cncc4ccccc34)CC1)CCC2. The van der Waals surface area contributed by atoms with Crippen molar-refractivity contribution in [2.45, 2.75) is 19.3 Å². The number of anilines is 2. The van der Waals surface area contributed by atoms with Crippen LogP contribution in [-0.4, -0.2) is 36.1 Å². The molecule has 0 N–H and O–H groups in total. The number of pyridine rings is 2. The molecule has 2 aromatic heterocycles. The lowest BCUT2D eigenvalue weighted by Crippen LogP contribution is -2.47. The number of rotatable bonds is 2. The molecule has 1 aliphatic heterocycles. The van der Waals surface area contributed by atoms with Crippen LogP contribution in [0.4, 0.5) is 11.5 Å². The molecule has 0 atom stereocenters. The van der Waals surface area contributed by atoms with Gasteiger partial charge in [0.15, 0.2) is 0 Å². The minimum Gasteiger partial charge on any atom is -0.366 e. The molecule has 1 saturated heterocycles. The zero-order valence-electron chi connectivity index (χ0n) is 15.2. The number of hydrogen-bond donors (Lipinski definition) is 0. The lowest BCUT2D eigenvalue weighted by molar-refractivity contribution is 0.646. The summed E-state index contributed by atoms with van der Waals surface area (Å²) in [6.07, 6.45) is 7.13. The third-order valence-corrected chi connectivity index (χ3v) is 5.72. The molecule has 1 aromatic carbocycles. The van der Waals surface area contributed by atoms with Gasteiger partial charge in [-0.2, -0.15) is 5.26 Å². The molecule has 1 aliphatic carbocycles. The first-order chi connectivity index (χ1) is 13.3. The number of hydrogen-bond acceptors (Lipinski definition) is 5. The highest BCUT2D eigenvalue weighted by atomic mass is 15.3. The summed E-state index contributed by atoms with van der Waals surface area (Å²) in [6.45, 7) is 3.53. The second-order valence-electron chi connectivity index (χ2n) is 7.28. The van der Waals surface area contributed by atoms with Gasteiger partial charge in [-0.3, -0.25) is 4.98 Å². The van der Waals surface area contributed by atoms with Gasteiger partial charge in [0.25, 0.3) is 0 Å². The highest BCUT2D eigenvalue weighted by Gasteiger charge is 2.24. The van der Waals surface area contributed by atoms with Crippen molar-refractivity contribution in [3.8, 4) is 6.07 Å². The van der Waals surface area contributed by atoms with Crippen molar-refractivity contribution < 1.29 is 0 Å². The Morgan fingerprint density at radius 1 is 0.963 bits per heavy atom. The maximum absolute atomic E-state index is 9.59. The molecule has 0 radical (unpaired) electrons. The number of nitrogens with zero attached hydrogens (tertiary/aromatic N) is 5. The van der Waals surface area contributed by atoms with E-state index in [0.29, 0.717) is 0 Å². The zero-order chi connectivity index (χ0) is 18.2. The first-order valence-electron chi connectivity index (χ1n) is 9.59. The fraction of sp³-hybridized carbons (Fsp3) is 0.318. The summed E-state index contributed by atoms with van der Waals surface area (Å²) in [5.41, 5.74) is 4.35. The maximum atomic E-state index is 9.59. The summed E-state index contributed by atoms with van der Waals surface area (Å²) < 4.78 is 0. The van der Waals surface area contributed by atoms with Gasteiger partial charge in [-0.05, 0) is 30.9 Å². The van der Waals surface area contributed by atoms with Gasteiger partial charge in [0.1, 0.15) is 11.9 Å². The Hall–Kier alpha value is -3.13. The van der Waals surface area contributed by atoms with Crippen LogP contribution in [0.5, 0.6) is 0 Å². The van der Waals surface area contributed by atoms with Gasteiger partial charge in [-0.1, -0.05) is 24.3 Å². The predicted molar refractivity (Wildman–Crippen MR) is 107 cm³/mol. The molecule has 5 nitrogen and oxygen atoms in total. The van der Waals surface area contributed by atoms with Crippen molar-refractivity contribution in [2.24, 2.45) is 0 Å². The number of fused-ring (bicyclic) bond motifs is 2. The van der Waals surface area contributed by atoms with Gasteiger partial charge in [0.2, 0.25) is 0 Å². The van der Waals surface area contributed by atoms with E-state index in [0.717, 1.165) is 56.8 Å². The summed E-state index contributed by atoms with van der Waals surface area (Å²) in [5, 5.41) is 12.0. The average molecular weight is 355 g/mol. The standard InChI is InChI=1S/C22H21N5/c23-13-18-12-16-5-3-7-20(16)25-22(18)27-10-8-26(9-11-27)21-15-24-14-17-4-1-2-6-19(17)21/h1-2,4,6,12,14-15H,3,5,7-11H2. The lowest BCUT2D eigenvalue weighted by atomic mass is 10.1. The van der Waals surface area contributed by atoms with Crippen LogP contribution in [0.25, 0.3) is 10.8 Å². The molecule has 5 rings (SSSR count). The minimum absolute atomic E-state index is 0.718. The first kappa shape index (κ1) is 16.1. The van der Waals surface area contributed by atoms with Crippen molar-refractivity contribution in [3.63, 3.8) is 0 Å². The molecule has 0 bridgehead atoms. The first-order valence-corrected chi connectivity index (χ1v) is 9.59. The van der Waals surface area contributed by atoms with Crippen LogP contribution in [0.3, 0.4) is 0 Å². The number of piperazine rings is 1. The second-order valence-corrected chi connectivity index (χ2v) is 7.28. The molecule has 0 saturated carbocycles. The molecule has 3 heterocycles. The van der Waals surface area contributed by atoms with Crippen LogP contribution < -0.4 is 9.80 Å². The van der Waals surface area contributed by atoms with Gasteiger partial charge in [-0.15, -0.1) is 0 Å². The van der Waals surface area contributed by atoms with E-state index in [1.807, 2.05) is 12.4 Å². The van der Waals surface area contributed by atoms with E-state index in [1.54, 1.807) is 0 Å². The molecule has 0 amide bonds. The van der Waals surface area contributed by atoms with E-state index in [1.165, 1.54) is 27.7 Å². The Morgan fingerprint density at radius 2 is 1.78 bits per heavy atom. The van der Waals surface area contributed by atoms with Crippen molar-refractivity contribution in [3.05, 3.63) is 59.5 Å². The Kier molecular flexibility index (Phi) is 3.90. The van der Waals surface area contributed by atoms with E-state index in [-0.39, 0.29) is 0 Å². The monoisotopic (exact) mass is 355 g/mol. The van der Waals surface area contributed by atoms with Crippen LogP contribution in [0, 0.1) is 11.3 Å². The van der Waals surface area contributed by atoms with Crippen LogP contribution in [0.1, 0.15) is 23.2 Å². The van der Waals surface area contributed by atoms with Gasteiger partial charge in [0, 0.05) is 48.8 Å². The highest BCUT2D eigenvalue weighted by molar-refractivity contribution is 5.93. The average Bonchev–Trinajstić information content (AvgIpc) is 3.20. The molecule has 1 fully saturated rings. The van der Waals surface area contributed by atoms with Gasteiger partial charge >= 0.3 is 0 Å². The van der Waals surface area contributed by atoms with Crippen molar-refractivity contribution >= 4 is 22.3 Å². The van der Waals surface area contributed by atoms with Crippen LogP contribution in [0.2, 0.25) is 0 Å². The van der Waals surface area contributed by atoms with Crippen LogP contribution >= 0.6 is 0 Å². The predicted octanol–water partition coefficient (Wildman–Crippen LogP) is 3.32. The number of benzene rings is 1. The maximum Gasteiger partial charge on any atom is 0.146 e. The Morgan fingerprint density at radius 3 is 2.63 bits per heavy atom. The van der Waals surface area contributed by atoms with E-state index < -0.39 is 0 Å². The van der Waals surface area contributed by atoms with Gasteiger partial charge < -0.3 is 9.80 Å². The van der Waals surface area contributed by atoms with Crippen molar-refractivity contribution in [2.75, 3.05) is 36.0 Å². The van der Waals surface area contributed by atoms with E-state index in [4.69, 9.17) is 4.98 Å². The van der Waals surface area contributed by atoms with E-state index in [2.05, 4.69) is 51.2 Å². The Bertz CT molecular complexity index is 1040. The summed E-state index contributed by atoms with van der Waals surface area (Å²) in [7, 11) is 0. The number of aryl methyl sites for hydroxylation is 2. The van der Waals surface area contributed by atoms with Crippen LogP contribution in [-0.2, 0) is 12.8 Å². The van der Waals surface area contributed by atoms with Gasteiger partial charge in [-0.25, -0.2) is 4.98 Å². The topological polar surface area (TPSA) is 56.1 Å². The molecule has 5 heteroatoms. The fourth-order valence-corrected chi connectivity index (χ4v) is 4.30. The number of nitriles is 1. The molecule has 0 spiro atoms. The van der Waals surface area contributed by atoms with Crippen molar-refractivity contribution in [1.82, 2.24) is 9.97 Å². The van der Waals surface area contributed by atoms with Gasteiger partial charge in [0.05, 0.1) is 17.4 Å². The lowest BCUT2D eigenvalue weighted by Gasteiger charge is -2.37. The largest absolute Gasteiger partial charge is 0.366 e. The fourth-order valence-electron chi connectivity index (χ4n) is 4.30. The third-order valence-electron chi connectivity index (χ3n) is 5.72. The summed E-state index contributed by atoms with van der Waals surface area (Å²) >= 11 is 0. The van der Waals surface area contributed by atoms with E-state index in [9.17, 15) is 5.26 Å². The Labute approximate surface area is 158 Å². The third kappa shape index (κ3) is 2.78. The molecular formula is C22H21N5. The second kappa shape index (κ2) is 6.55. The summed E-state index contributed by atoms with van der Waals surface area (Å²) in [6, 6.07) is 12.8. The minimum atomic E-state index is 0.718. The summed E-state index contributed by atoms with van der Waals surface area (Å²) in [5.74, 6) is 0.869. The molecule has 134 valence electrons. The zero-order valence-corrected chi connectivity index (χ0v) is 15.2. The van der Waals surface area contributed by atoms with E-state index >= 15 is 0 Å². The van der Waals surface area contributed by atoms with Crippen molar-refractivity contribution in [1.29, 1.82) is 5.26 Å². The van der Waals surface area contributed by atoms with Crippen LogP contribution in [0.15, 0.2) is 42.7 Å². The molecular weight excluding hydrogens is 334 g/mol. The normalized spacial score (nSPS) is 16.4.